The molecule has 1 aromatic carbocycles. The second-order valence-electron chi connectivity index (χ2n) is 5.74. The number of carbonyl (C=O) groups excluding carboxylic acids is 2. The molecule has 1 rings (SSSR count). The third kappa shape index (κ3) is 7.73. The third-order valence-corrected chi connectivity index (χ3v) is 5.11. The van der Waals surface area contributed by atoms with Crippen molar-refractivity contribution in [2.75, 3.05) is 20.0 Å². The van der Waals surface area contributed by atoms with E-state index in [4.69, 9.17) is 4.74 Å². The van der Waals surface area contributed by atoms with Crippen LogP contribution in [0, 0.1) is 5.92 Å². The highest BCUT2D eigenvalue weighted by atomic mass is 32.2. The summed E-state index contributed by atoms with van der Waals surface area (Å²) in [6, 6.07) is 7.18. The highest BCUT2D eigenvalue weighted by Crippen LogP contribution is 2.36. The molecule has 0 radical (unpaired) electrons. The number of thioether (sulfide) groups is 1. The summed E-state index contributed by atoms with van der Waals surface area (Å²) in [4.78, 5) is 22.6. The Hall–Kier alpha value is -1.69. The maximum atomic E-state index is 11.3. The fourth-order valence-corrected chi connectivity index (χ4v) is 3.57. The van der Waals surface area contributed by atoms with Crippen molar-refractivity contribution in [2.45, 2.75) is 37.9 Å². The first-order valence-corrected chi connectivity index (χ1v) is 9.05. The minimum Gasteiger partial charge on any atom is -0.508 e. The molecule has 24 heavy (non-hydrogen) atoms. The number of ether oxygens (including phenoxy) is 2. The van der Waals surface area contributed by atoms with Gasteiger partial charge in [-0.1, -0.05) is 19.1 Å². The van der Waals surface area contributed by atoms with E-state index in [2.05, 4.69) is 4.74 Å². The van der Waals surface area contributed by atoms with Crippen LogP contribution in [0.25, 0.3) is 0 Å². The first-order chi connectivity index (χ1) is 11.5. The number of phenols is 1. The Bertz CT molecular complexity index is 532. The minimum absolute atomic E-state index is 0.154. The summed E-state index contributed by atoms with van der Waals surface area (Å²) in [6.07, 6.45) is 2.47. The van der Waals surface area contributed by atoms with Gasteiger partial charge in [-0.15, -0.1) is 0 Å². The van der Waals surface area contributed by atoms with Gasteiger partial charge in [-0.2, -0.15) is 11.8 Å². The van der Waals surface area contributed by atoms with Gasteiger partial charge < -0.3 is 14.6 Å². The van der Waals surface area contributed by atoms with Crippen molar-refractivity contribution < 1.29 is 24.2 Å². The van der Waals surface area contributed by atoms with Crippen LogP contribution in [0.1, 0.15) is 43.4 Å². The van der Waals surface area contributed by atoms with Crippen molar-refractivity contribution >= 4 is 23.7 Å². The first kappa shape index (κ1) is 20.4. The molecule has 5 nitrogen and oxygen atoms in total. The van der Waals surface area contributed by atoms with E-state index in [-0.39, 0.29) is 28.9 Å². The topological polar surface area (TPSA) is 72.8 Å². The molecule has 0 aliphatic heterocycles. The molecule has 1 aromatic rings. The van der Waals surface area contributed by atoms with Crippen LogP contribution < -0.4 is 0 Å². The number of aromatic hydroxyl groups is 1. The molecule has 6 heteroatoms. The van der Waals surface area contributed by atoms with E-state index in [0.29, 0.717) is 18.6 Å². The monoisotopic (exact) mass is 354 g/mol. The van der Waals surface area contributed by atoms with Crippen molar-refractivity contribution in [2.24, 2.45) is 5.92 Å². The number of methoxy groups -OCH3 is 2. The number of rotatable bonds is 10. The smallest absolute Gasteiger partial charge is 0.306 e. The zero-order valence-electron chi connectivity index (χ0n) is 14.5. The number of hydrogen-bond acceptors (Lipinski definition) is 6. The highest BCUT2D eigenvalue weighted by Gasteiger charge is 2.17. The zero-order chi connectivity index (χ0) is 17.9. The van der Waals surface area contributed by atoms with Gasteiger partial charge in [0, 0.05) is 17.4 Å². The number of benzene rings is 1. The number of esters is 2. The lowest BCUT2D eigenvalue weighted by molar-refractivity contribution is -0.142. The summed E-state index contributed by atoms with van der Waals surface area (Å²) in [7, 11) is 2.78. The quantitative estimate of drug-likeness (QED) is 0.646. The molecule has 0 aliphatic rings. The van der Waals surface area contributed by atoms with Gasteiger partial charge in [-0.3, -0.25) is 9.59 Å². The predicted octanol–water partition coefficient (Wildman–Crippen LogP) is 3.71. The lowest BCUT2D eigenvalue weighted by atomic mass is 9.98. The van der Waals surface area contributed by atoms with Gasteiger partial charge in [-0.25, -0.2) is 0 Å². The molecule has 0 fully saturated rings. The van der Waals surface area contributed by atoms with Crippen LogP contribution in [0.5, 0.6) is 5.75 Å². The normalized spacial score (nSPS) is 13.1. The van der Waals surface area contributed by atoms with Crippen molar-refractivity contribution in [3.05, 3.63) is 29.8 Å². The van der Waals surface area contributed by atoms with E-state index in [1.165, 1.54) is 14.2 Å². The first-order valence-electron chi connectivity index (χ1n) is 8.00. The number of carbonyl (C=O) groups is 2. The molecular formula is C18H26O5S. The second-order valence-corrected chi connectivity index (χ2v) is 7.05. The Balaban J connectivity index is 2.63. The maximum absolute atomic E-state index is 11.3. The number of hydrogen-bond donors (Lipinski definition) is 1. The van der Waals surface area contributed by atoms with Gasteiger partial charge in [0.05, 0.1) is 20.6 Å². The van der Waals surface area contributed by atoms with Crippen LogP contribution in [-0.4, -0.2) is 37.0 Å². The largest absolute Gasteiger partial charge is 0.508 e. The Morgan fingerprint density at radius 2 is 1.88 bits per heavy atom. The molecule has 0 saturated heterocycles. The maximum Gasteiger partial charge on any atom is 0.306 e. The molecule has 0 bridgehead atoms. The van der Waals surface area contributed by atoms with E-state index in [1.807, 2.05) is 19.1 Å². The molecule has 2 unspecified atom stereocenters. The Morgan fingerprint density at radius 3 is 2.50 bits per heavy atom. The van der Waals surface area contributed by atoms with E-state index in [1.54, 1.807) is 23.9 Å². The molecule has 0 spiro atoms. The van der Waals surface area contributed by atoms with Crippen LogP contribution in [0.15, 0.2) is 24.3 Å². The highest BCUT2D eigenvalue weighted by molar-refractivity contribution is 7.99. The SMILES string of the molecule is COC(=O)CCSC(CCC(C)CC(=O)OC)c1cccc(O)c1. The summed E-state index contributed by atoms with van der Waals surface area (Å²) in [6.45, 7) is 2.02. The van der Waals surface area contributed by atoms with Gasteiger partial charge >= 0.3 is 11.9 Å². The van der Waals surface area contributed by atoms with E-state index in [9.17, 15) is 14.7 Å². The minimum atomic E-state index is -0.226. The summed E-state index contributed by atoms with van der Waals surface area (Å²) < 4.78 is 9.37. The summed E-state index contributed by atoms with van der Waals surface area (Å²) in [5.74, 6) is 0.677. The molecule has 134 valence electrons. The fraction of sp³-hybridized carbons (Fsp3) is 0.556. The van der Waals surface area contributed by atoms with Gasteiger partial charge in [0.25, 0.3) is 0 Å². The Kier molecular flexibility index (Phi) is 9.30. The Labute approximate surface area is 147 Å². The van der Waals surface area contributed by atoms with Crippen LogP contribution in [0.3, 0.4) is 0 Å². The molecule has 1 N–H and O–H groups in total. The Morgan fingerprint density at radius 1 is 1.17 bits per heavy atom. The van der Waals surface area contributed by atoms with Crippen LogP contribution >= 0.6 is 11.8 Å². The lowest BCUT2D eigenvalue weighted by Gasteiger charge is -2.19. The van der Waals surface area contributed by atoms with Gasteiger partial charge in [-0.05, 0) is 36.5 Å². The predicted molar refractivity (Wildman–Crippen MR) is 95.0 cm³/mol. The van der Waals surface area contributed by atoms with Gasteiger partial charge in [0.1, 0.15) is 5.75 Å². The number of phenolic OH excluding ortho intramolecular Hbond substituents is 1. The molecule has 0 saturated carbocycles. The van der Waals surface area contributed by atoms with Gasteiger partial charge in [0.2, 0.25) is 0 Å². The van der Waals surface area contributed by atoms with E-state index < -0.39 is 0 Å². The van der Waals surface area contributed by atoms with E-state index in [0.717, 1.165) is 18.4 Å². The molecule has 0 amide bonds. The summed E-state index contributed by atoms with van der Waals surface area (Å²) in [5, 5.41) is 9.85. The molecule has 0 heterocycles. The molecular weight excluding hydrogens is 328 g/mol. The average molecular weight is 354 g/mol. The standard InChI is InChI=1S/C18H26O5S/c1-13(11-18(21)23-3)7-8-16(24-10-9-17(20)22-2)14-5-4-6-15(19)12-14/h4-6,12-13,16,19H,7-11H2,1-3H3. The zero-order valence-corrected chi connectivity index (χ0v) is 15.3. The summed E-state index contributed by atoms with van der Waals surface area (Å²) >= 11 is 1.67. The molecule has 0 aromatic heterocycles. The third-order valence-electron chi connectivity index (χ3n) is 3.76. The van der Waals surface area contributed by atoms with Crippen LogP contribution in [0.2, 0.25) is 0 Å². The summed E-state index contributed by atoms with van der Waals surface area (Å²) in [5.41, 5.74) is 1.02. The van der Waals surface area contributed by atoms with Crippen molar-refractivity contribution in [1.82, 2.24) is 0 Å². The van der Waals surface area contributed by atoms with Crippen molar-refractivity contribution in [3.63, 3.8) is 0 Å². The second kappa shape index (κ2) is 11.0. The van der Waals surface area contributed by atoms with E-state index >= 15 is 0 Å². The average Bonchev–Trinajstić information content (AvgIpc) is 2.57. The molecule has 2 atom stereocenters. The fourth-order valence-electron chi connectivity index (χ4n) is 2.36. The lowest BCUT2D eigenvalue weighted by Crippen LogP contribution is -2.09. The van der Waals surface area contributed by atoms with Gasteiger partial charge in [0.15, 0.2) is 0 Å². The van der Waals surface area contributed by atoms with Crippen molar-refractivity contribution in [1.29, 1.82) is 0 Å². The molecule has 0 aliphatic carbocycles. The van der Waals surface area contributed by atoms with Crippen LogP contribution in [-0.2, 0) is 19.1 Å². The van der Waals surface area contributed by atoms with Crippen molar-refractivity contribution in [3.8, 4) is 5.75 Å². The van der Waals surface area contributed by atoms with Crippen LogP contribution in [0.4, 0.5) is 0 Å².